The zero-order chi connectivity index (χ0) is 27.3. The maximum absolute atomic E-state index is 14.6. The lowest BCUT2D eigenvalue weighted by atomic mass is 9.56. The highest BCUT2D eigenvalue weighted by Gasteiger charge is 2.77. The number of hydrogen-bond donors (Lipinski definition) is 2. The van der Waals surface area contributed by atoms with E-state index in [0.29, 0.717) is 5.57 Å². The van der Waals surface area contributed by atoms with E-state index in [9.17, 15) is 38.3 Å². The average Bonchev–Trinajstić information content (AvgIpc) is 3.20. The van der Waals surface area contributed by atoms with Crippen LogP contribution in [0.3, 0.4) is 0 Å². The molecule has 0 aromatic heterocycles. The molecule has 4 aliphatic rings. The van der Waals surface area contributed by atoms with E-state index in [2.05, 4.69) is 0 Å². The molecule has 2 heterocycles. The van der Waals surface area contributed by atoms with Crippen molar-refractivity contribution in [1.29, 1.82) is 0 Å². The van der Waals surface area contributed by atoms with Gasteiger partial charge in [0, 0.05) is 11.5 Å². The summed E-state index contributed by atoms with van der Waals surface area (Å²) in [6, 6.07) is 8.09. The molecule has 2 N–H and O–H groups in total. The highest BCUT2D eigenvalue weighted by atomic mass is 35.5. The first kappa shape index (κ1) is 25.0. The molecular formula is C26H18Cl2F2N2O6. The quantitative estimate of drug-likeness (QED) is 0.250. The number of anilines is 1. The number of allylic oxidation sites excluding steroid dienone is 2. The standard InChI is InChI=1S/C26H18Cl2F2N2O6/c27-25-10-16-13(8-9-14-18(16)22(35)32(38)21(14)34)19(15-2-1-3-17(30)20(15)33)26(25,28)24(37)31(23(25)36)12-6-4-11(29)5-7-12/h1-8,14,16,18-19,33,38H,9-10H2/t14-,16+,18-,19+,25+,26-/m0/s1. The van der Waals surface area contributed by atoms with Gasteiger partial charge < -0.3 is 5.11 Å². The molecule has 0 spiro atoms. The molecule has 4 amide bonds. The number of amides is 4. The van der Waals surface area contributed by atoms with Crippen LogP contribution in [-0.2, 0) is 19.2 Å². The fraction of sp³-hybridized carbons (Fsp3) is 0.308. The van der Waals surface area contributed by atoms with Gasteiger partial charge in [0.2, 0.25) is 0 Å². The summed E-state index contributed by atoms with van der Waals surface area (Å²) in [6.07, 6.45) is 1.20. The largest absolute Gasteiger partial charge is 0.505 e. The molecular weight excluding hydrogens is 545 g/mol. The first-order valence-corrected chi connectivity index (χ1v) is 12.5. The van der Waals surface area contributed by atoms with Crippen molar-refractivity contribution < 1.29 is 38.3 Å². The Hall–Kier alpha value is -3.34. The monoisotopic (exact) mass is 562 g/mol. The highest BCUT2D eigenvalue weighted by Crippen LogP contribution is 2.66. The minimum atomic E-state index is -2.30. The Balaban J connectivity index is 1.60. The predicted molar refractivity (Wildman–Crippen MR) is 128 cm³/mol. The zero-order valence-electron chi connectivity index (χ0n) is 19.3. The van der Waals surface area contributed by atoms with Gasteiger partial charge in [0.1, 0.15) is 5.82 Å². The number of phenolic OH excluding ortho intramolecular Hbond substituents is 1. The van der Waals surface area contributed by atoms with E-state index in [-0.39, 0.29) is 29.2 Å². The number of aromatic hydroxyl groups is 1. The number of nitrogens with zero attached hydrogens (tertiary/aromatic N) is 2. The van der Waals surface area contributed by atoms with Crippen LogP contribution in [0.5, 0.6) is 5.75 Å². The number of hydroxylamine groups is 2. The van der Waals surface area contributed by atoms with Crippen molar-refractivity contribution in [2.45, 2.75) is 28.5 Å². The molecule has 2 aromatic carbocycles. The number of halogens is 4. The number of fused-ring (bicyclic) bond motifs is 4. The summed E-state index contributed by atoms with van der Waals surface area (Å²) in [4.78, 5) is 49.6. The van der Waals surface area contributed by atoms with Crippen LogP contribution in [0.4, 0.5) is 14.5 Å². The number of imide groups is 2. The second-order valence-electron chi connectivity index (χ2n) is 9.92. The molecule has 0 radical (unpaired) electrons. The summed E-state index contributed by atoms with van der Waals surface area (Å²) in [5, 5.41) is 20.8. The molecule has 1 saturated carbocycles. The smallest absolute Gasteiger partial charge is 0.258 e. The summed E-state index contributed by atoms with van der Waals surface area (Å²) < 4.78 is 28.2. The van der Waals surface area contributed by atoms with E-state index in [0.717, 1.165) is 23.1 Å². The van der Waals surface area contributed by atoms with Crippen LogP contribution in [0.2, 0.25) is 0 Å². The van der Waals surface area contributed by atoms with Gasteiger partial charge in [-0.1, -0.05) is 23.8 Å². The van der Waals surface area contributed by atoms with Crippen LogP contribution >= 0.6 is 23.2 Å². The Morgan fingerprint density at radius 1 is 0.921 bits per heavy atom. The van der Waals surface area contributed by atoms with Gasteiger partial charge in [-0.2, -0.15) is 5.06 Å². The molecule has 12 heteroatoms. The third kappa shape index (κ3) is 2.93. The van der Waals surface area contributed by atoms with Crippen LogP contribution in [0.1, 0.15) is 24.3 Å². The van der Waals surface area contributed by atoms with Crippen LogP contribution in [0, 0.1) is 29.4 Å². The SMILES string of the molecule is O=C1[C@H]2[C@H](CC=C3[C@H]2C[C@@]2(Cl)C(=O)N(c4ccc(F)cc4)C(=O)[C@@]2(Cl)[C@H]3c2cccc(F)c2O)C(=O)N1O. The van der Waals surface area contributed by atoms with E-state index in [1.54, 1.807) is 6.08 Å². The lowest BCUT2D eigenvalue weighted by Crippen LogP contribution is -2.60. The minimum absolute atomic E-state index is 0.00320. The average molecular weight is 563 g/mol. The van der Waals surface area contributed by atoms with Crippen molar-refractivity contribution in [3.63, 3.8) is 0 Å². The van der Waals surface area contributed by atoms with E-state index in [1.807, 2.05) is 0 Å². The van der Waals surface area contributed by atoms with Crippen molar-refractivity contribution in [3.8, 4) is 5.75 Å². The minimum Gasteiger partial charge on any atom is -0.505 e. The summed E-state index contributed by atoms with van der Waals surface area (Å²) in [5.41, 5.74) is 0.165. The van der Waals surface area contributed by atoms with Gasteiger partial charge >= 0.3 is 0 Å². The maximum Gasteiger partial charge on any atom is 0.258 e. The summed E-state index contributed by atoms with van der Waals surface area (Å²) in [7, 11) is 0. The summed E-state index contributed by atoms with van der Waals surface area (Å²) in [5.74, 6) is -10.5. The van der Waals surface area contributed by atoms with Crippen LogP contribution in [0.15, 0.2) is 54.1 Å². The number of para-hydroxylation sites is 1. The molecule has 38 heavy (non-hydrogen) atoms. The molecule has 0 bridgehead atoms. The first-order chi connectivity index (χ1) is 17.9. The van der Waals surface area contributed by atoms with E-state index in [4.69, 9.17) is 23.2 Å². The van der Waals surface area contributed by atoms with Gasteiger partial charge in [-0.05, 0) is 49.1 Å². The second kappa shape index (κ2) is 8.08. The second-order valence-corrected chi connectivity index (χ2v) is 11.2. The normalized spacial score (nSPS) is 34.3. The molecule has 2 aliphatic heterocycles. The molecule has 8 nitrogen and oxygen atoms in total. The summed E-state index contributed by atoms with van der Waals surface area (Å²) in [6.45, 7) is 0. The molecule has 196 valence electrons. The molecule has 6 rings (SSSR count). The van der Waals surface area contributed by atoms with Crippen molar-refractivity contribution >= 4 is 52.5 Å². The number of carbonyl (C=O) groups is 4. The fourth-order valence-electron chi connectivity index (χ4n) is 6.49. The van der Waals surface area contributed by atoms with E-state index in [1.165, 1.54) is 24.3 Å². The van der Waals surface area contributed by atoms with Crippen LogP contribution < -0.4 is 4.90 Å². The Kier molecular flexibility index (Phi) is 5.31. The number of hydrogen-bond acceptors (Lipinski definition) is 6. The molecule has 3 fully saturated rings. The fourth-order valence-corrected chi connectivity index (χ4v) is 7.42. The van der Waals surface area contributed by atoms with Gasteiger partial charge in [0.05, 0.1) is 17.5 Å². The lowest BCUT2D eigenvalue weighted by Gasteiger charge is -2.50. The van der Waals surface area contributed by atoms with Gasteiger partial charge in [-0.3, -0.25) is 24.4 Å². The molecule has 2 saturated heterocycles. The topological polar surface area (TPSA) is 115 Å². The van der Waals surface area contributed by atoms with Crippen molar-refractivity contribution in [2.75, 3.05) is 4.90 Å². The number of alkyl halides is 2. The third-order valence-electron chi connectivity index (χ3n) is 8.20. The van der Waals surface area contributed by atoms with Crippen molar-refractivity contribution in [2.24, 2.45) is 17.8 Å². The Morgan fingerprint density at radius 2 is 1.61 bits per heavy atom. The highest BCUT2D eigenvalue weighted by molar-refractivity contribution is 6.58. The van der Waals surface area contributed by atoms with Gasteiger partial charge in [0.15, 0.2) is 21.3 Å². The van der Waals surface area contributed by atoms with Gasteiger partial charge in [-0.25, -0.2) is 13.7 Å². The lowest BCUT2D eigenvalue weighted by molar-refractivity contribution is -0.173. The first-order valence-electron chi connectivity index (χ1n) is 11.7. The number of rotatable bonds is 2. The van der Waals surface area contributed by atoms with E-state index >= 15 is 0 Å². The molecule has 2 aliphatic carbocycles. The third-order valence-corrected chi connectivity index (χ3v) is 9.62. The predicted octanol–water partition coefficient (Wildman–Crippen LogP) is 3.62. The zero-order valence-corrected chi connectivity index (χ0v) is 20.8. The number of benzene rings is 2. The number of carbonyl (C=O) groups excluding carboxylic acids is 4. The maximum atomic E-state index is 14.6. The Morgan fingerprint density at radius 3 is 2.29 bits per heavy atom. The number of phenols is 1. The van der Waals surface area contributed by atoms with Crippen molar-refractivity contribution in [1.82, 2.24) is 5.06 Å². The molecule has 0 unspecified atom stereocenters. The van der Waals surface area contributed by atoms with Crippen LogP contribution in [-0.4, -0.2) is 48.8 Å². The van der Waals surface area contributed by atoms with Gasteiger partial charge in [-0.15, -0.1) is 23.2 Å². The summed E-state index contributed by atoms with van der Waals surface area (Å²) >= 11 is 14.1. The van der Waals surface area contributed by atoms with Gasteiger partial charge in [0.25, 0.3) is 23.6 Å². The van der Waals surface area contributed by atoms with E-state index < -0.39 is 74.4 Å². The Bertz CT molecular complexity index is 1480. The molecule has 2 aromatic rings. The van der Waals surface area contributed by atoms with Crippen LogP contribution in [0.25, 0.3) is 0 Å². The Labute approximate surface area is 224 Å². The van der Waals surface area contributed by atoms with Crippen molar-refractivity contribution in [3.05, 3.63) is 71.3 Å². The molecule has 6 atom stereocenters.